The molecule has 1 heterocycles. The number of thiocarbonyl (C=S) groups is 1. The molecule has 2 aliphatic rings. The zero-order valence-electron chi connectivity index (χ0n) is 17.0. The minimum absolute atomic E-state index is 0.0590. The van der Waals surface area contributed by atoms with Gasteiger partial charge in [-0.2, -0.15) is 13.2 Å². The number of amides is 2. The Labute approximate surface area is 187 Å². The lowest BCUT2D eigenvalue weighted by Crippen LogP contribution is -2.47. The first-order valence-electron chi connectivity index (χ1n) is 9.98. The van der Waals surface area contributed by atoms with Gasteiger partial charge < -0.3 is 10.2 Å². The average Bonchev–Trinajstić information content (AvgIpc) is 3.31. The van der Waals surface area contributed by atoms with E-state index in [9.17, 15) is 27.2 Å². The van der Waals surface area contributed by atoms with Crippen LogP contribution in [0.1, 0.15) is 41.6 Å². The molecule has 1 saturated heterocycles. The topological polar surface area (TPSA) is 52.7 Å². The molecule has 2 fully saturated rings. The van der Waals surface area contributed by atoms with Gasteiger partial charge in [0.05, 0.1) is 16.8 Å². The van der Waals surface area contributed by atoms with Crippen molar-refractivity contribution in [2.24, 2.45) is 0 Å². The smallest absolute Gasteiger partial charge is 0.355 e. The largest absolute Gasteiger partial charge is 0.416 e. The Morgan fingerprint density at radius 3 is 2.19 bits per heavy atom. The molecule has 0 bridgehead atoms. The van der Waals surface area contributed by atoms with Crippen molar-refractivity contribution in [3.8, 4) is 0 Å². The van der Waals surface area contributed by atoms with Crippen LogP contribution in [0.25, 0.3) is 0 Å². The van der Waals surface area contributed by atoms with Gasteiger partial charge in [0.15, 0.2) is 5.11 Å². The van der Waals surface area contributed by atoms with Crippen LogP contribution in [0.3, 0.4) is 0 Å². The number of nitrogens with zero attached hydrogens (tertiary/aromatic N) is 2. The number of carbonyl (C=O) groups is 2. The number of carbonyl (C=O) groups excluding carboxylic acids is 2. The zero-order chi connectivity index (χ0) is 23.3. The van der Waals surface area contributed by atoms with Crippen LogP contribution < -0.4 is 15.1 Å². The van der Waals surface area contributed by atoms with Crippen LogP contribution in [-0.4, -0.2) is 29.5 Å². The lowest BCUT2D eigenvalue weighted by atomic mass is 9.94. The number of rotatable bonds is 3. The Kier molecular flexibility index (Phi) is 5.44. The molecular formula is C22H19F4N3O2S. The van der Waals surface area contributed by atoms with Crippen LogP contribution in [0.4, 0.5) is 28.9 Å². The summed E-state index contributed by atoms with van der Waals surface area (Å²) < 4.78 is 53.5. The van der Waals surface area contributed by atoms with Gasteiger partial charge in [0.2, 0.25) is 0 Å². The summed E-state index contributed by atoms with van der Waals surface area (Å²) in [4.78, 5) is 28.2. The van der Waals surface area contributed by atoms with Crippen molar-refractivity contribution in [1.82, 2.24) is 5.32 Å². The number of nitrogens with one attached hydrogen (secondary N) is 1. The molecule has 2 amide bonds. The molecule has 2 aromatic rings. The number of alkyl halides is 3. The maximum absolute atomic E-state index is 14.7. The van der Waals surface area contributed by atoms with Crippen molar-refractivity contribution in [2.75, 3.05) is 16.8 Å². The van der Waals surface area contributed by atoms with E-state index in [4.69, 9.17) is 12.2 Å². The monoisotopic (exact) mass is 465 g/mol. The minimum atomic E-state index is -4.50. The fraction of sp³-hybridized carbons (Fsp3) is 0.318. The van der Waals surface area contributed by atoms with Gasteiger partial charge in [0.25, 0.3) is 11.8 Å². The number of hydrogen-bond acceptors (Lipinski definition) is 3. The first-order chi connectivity index (χ1) is 15.1. The fourth-order valence-electron chi connectivity index (χ4n) is 4.42. The van der Waals surface area contributed by atoms with E-state index in [1.165, 1.54) is 36.2 Å². The summed E-state index contributed by atoms with van der Waals surface area (Å²) in [5, 5.41) is 2.42. The van der Waals surface area contributed by atoms with Crippen LogP contribution in [0.15, 0.2) is 42.5 Å². The quantitative estimate of drug-likeness (QED) is 0.530. The normalized spacial score (nSPS) is 18.0. The van der Waals surface area contributed by atoms with Gasteiger partial charge in [0, 0.05) is 12.7 Å². The molecule has 1 spiro atoms. The SMILES string of the molecule is CNC(=O)c1ccc(N2C(=S)N(c3ccc(C(F)(F)F)cc3)C(=O)C23CCCC3)cc1F. The van der Waals surface area contributed by atoms with Gasteiger partial charge in [-0.1, -0.05) is 12.8 Å². The molecule has 32 heavy (non-hydrogen) atoms. The van der Waals surface area contributed by atoms with Gasteiger partial charge in [-0.05, 0) is 67.5 Å². The molecule has 1 saturated carbocycles. The Morgan fingerprint density at radius 1 is 1.06 bits per heavy atom. The minimum Gasteiger partial charge on any atom is -0.355 e. The molecule has 5 nitrogen and oxygen atoms in total. The summed E-state index contributed by atoms with van der Waals surface area (Å²) in [5.74, 6) is -1.70. The van der Waals surface area contributed by atoms with E-state index in [1.54, 1.807) is 4.90 Å². The lowest BCUT2D eigenvalue weighted by Gasteiger charge is -2.32. The molecule has 2 aromatic carbocycles. The van der Waals surface area contributed by atoms with E-state index in [-0.39, 0.29) is 22.3 Å². The first-order valence-corrected chi connectivity index (χ1v) is 10.4. The Balaban J connectivity index is 1.76. The molecule has 0 aromatic heterocycles. The van der Waals surface area contributed by atoms with Crippen molar-refractivity contribution >= 4 is 40.5 Å². The summed E-state index contributed by atoms with van der Waals surface area (Å²) in [6.07, 6.45) is -2.05. The van der Waals surface area contributed by atoms with Crippen LogP contribution in [-0.2, 0) is 11.0 Å². The third-order valence-corrected chi connectivity index (χ3v) is 6.34. The van der Waals surface area contributed by atoms with Crippen molar-refractivity contribution in [3.63, 3.8) is 0 Å². The highest BCUT2D eigenvalue weighted by Crippen LogP contribution is 2.46. The molecule has 168 valence electrons. The fourth-order valence-corrected chi connectivity index (χ4v) is 4.89. The highest BCUT2D eigenvalue weighted by atomic mass is 32.1. The van der Waals surface area contributed by atoms with E-state index < -0.39 is 29.0 Å². The predicted molar refractivity (Wildman–Crippen MR) is 115 cm³/mol. The van der Waals surface area contributed by atoms with Crippen LogP contribution in [0.5, 0.6) is 0 Å². The summed E-state index contributed by atoms with van der Waals surface area (Å²) in [5.41, 5.74) is -1.50. The molecule has 0 atom stereocenters. The van der Waals surface area contributed by atoms with E-state index in [0.717, 1.165) is 31.0 Å². The van der Waals surface area contributed by atoms with Gasteiger partial charge in [-0.3, -0.25) is 14.5 Å². The van der Waals surface area contributed by atoms with Gasteiger partial charge in [0.1, 0.15) is 11.4 Å². The third-order valence-electron chi connectivity index (χ3n) is 5.98. The average molecular weight is 465 g/mol. The molecule has 1 aliphatic heterocycles. The highest BCUT2D eigenvalue weighted by Gasteiger charge is 2.57. The summed E-state index contributed by atoms with van der Waals surface area (Å²) in [7, 11) is 1.39. The van der Waals surface area contributed by atoms with Crippen molar-refractivity contribution in [2.45, 2.75) is 37.4 Å². The maximum Gasteiger partial charge on any atom is 0.416 e. The van der Waals surface area contributed by atoms with Gasteiger partial charge in [-0.25, -0.2) is 4.39 Å². The number of halogens is 4. The standard InChI is InChI=1S/C22H19F4N3O2S/c1-27-18(30)16-9-8-15(12-17(16)23)29-20(32)28(19(31)21(29)10-2-3-11-21)14-6-4-13(5-7-14)22(24,25)26/h4-9,12H,2-3,10-11H2,1H3,(H,27,30). The van der Waals surface area contributed by atoms with E-state index in [0.29, 0.717) is 18.5 Å². The van der Waals surface area contributed by atoms with Gasteiger partial charge >= 0.3 is 6.18 Å². The Bertz CT molecular complexity index is 1100. The van der Waals surface area contributed by atoms with Crippen LogP contribution in [0.2, 0.25) is 0 Å². The molecule has 0 unspecified atom stereocenters. The maximum atomic E-state index is 14.7. The Morgan fingerprint density at radius 2 is 1.66 bits per heavy atom. The summed E-state index contributed by atoms with van der Waals surface area (Å²) in [6, 6.07) is 8.19. The lowest BCUT2D eigenvalue weighted by molar-refractivity contribution is -0.137. The van der Waals surface area contributed by atoms with Crippen molar-refractivity contribution < 1.29 is 27.2 Å². The van der Waals surface area contributed by atoms with Crippen molar-refractivity contribution in [3.05, 3.63) is 59.4 Å². The van der Waals surface area contributed by atoms with Crippen molar-refractivity contribution in [1.29, 1.82) is 0 Å². The third kappa shape index (κ3) is 3.42. The molecule has 4 rings (SSSR count). The van der Waals surface area contributed by atoms with E-state index in [1.807, 2.05) is 0 Å². The number of anilines is 2. The second kappa shape index (κ2) is 7.84. The van der Waals surface area contributed by atoms with E-state index >= 15 is 0 Å². The molecule has 1 aliphatic carbocycles. The molecule has 1 N–H and O–H groups in total. The summed E-state index contributed by atoms with van der Waals surface area (Å²) >= 11 is 5.58. The molecule has 10 heteroatoms. The van der Waals surface area contributed by atoms with E-state index in [2.05, 4.69) is 5.32 Å². The van der Waals surface area contributed by atoms with Crippen LogP contribution >= 0.6 is 12.2 Å². The molecular weight excluding hydrogens is 446 g/mol. The predicted octanol–water partition coefficient (Wildman–Crippen LogP) is 4.66. The second-order valence-corrected chi connectivity index (χ2v) is 8.15. The first kappa shape index (κ1) is 22.2. The zero-order valence-corrected chi connectivity index (χ0v) is 17.8. The van der Waals surface area contributed by atoms with Crippen LogP contribution in [0, 0.1) is 5.82 Å². The second-order valence-electron chi connectivity index (χ2n) is 7.79. The molecule has 0 radical (unpaired) electrons. The van der Waals surface area contributed by atoms with Gasteiger partial charge in [-0.15, -0.1) is 0 Å². The Hall–Kier alpha value is -3.01. The summed E-state index contributed by atoms with van der Waals surface area (Å²) in [6.45, 7) is 0. The number of benzene rings is 2. The number of hydrogen-bond donors (Lipinski definition) is 1. The highest BCUT2D eigenvalue weighted by molar-refractivity contribution is 7.81.